The molecule has 0 bridgehead atoms. The molecule has 0 aliphatic rings. The second-order valence-electron chi connectivity index (χ2n) is 5.77. The quantitative estimate of drug-likeness (QED) is 0.433. The predicted molar refractivity (Wildman–Crippen MR) is 91.3 cm³/mol. The fourth-order valence-electron chi connectivity index (χ4n) is 2.46. The summed E-state index contributed by atoms with van der Waals surface area (Å²) in [5.74, 6) is -2.22. The monoisotopic (exact) mass is 448 g/mol. The van der Waals surface area contributed by atoms with Crippen LogP contribution in [0.4, 0.5) is 17.6 Å². The van der Waals surface area contributed by atoms with Gasteiger partial charge in [0.15, 0.2) is 0 Å². The van der Waals surface area contributed by atoms with Gasteiger partial charge in [-0.05, 0) is 17.3 Å². The summed E-state index contributed by atoms with van der Waals surface area (Å²) in [4.78, 5) is 40.5. The van der Waals surface area contributed by atoms with Crippen LogP contribution in [0.5, 0.6) is 0 Å². The van der Waals surface area contributed by atoms with Crippen molar-refractivity contribution in [2.75, 3.05) is 0 Å². The molecule has 30 heavy (non-hydrogen) atoms. The van der Waals surface area contributed by atoms with Gasteiger partial charge in [-0.3, -0.25) is 9.36 Å². The average Bonchev–Trinajstić information content (AvgIpc) is 3.06. The molecule has 0 aliphatic carbocycles. The number of alkyl halides is 3. The smallest absolute Gasteiger partial charge is 0.301 e. The van der Waals surface area contributed by atoms with Gasteiger partial charge < -0.3 is 4.84 Å². The fourth-order valence-corrected chi connectivity index (χ4v) is 2.70. The van der Waals surface area contributed by atoms with Crippen molar-refractivity contribution in [3.8, 4) is 17.1 Å². The molecule has 0 fully saturated rings. The van der Waals surface area contributed by atoms with Gasteiger partial charge in [0.05, 0.1) is 10.7 Å². The average molecular weight is 449 g/mol. The molecular weight excluding hydrogens is 440 g/mol. The summed E-state index contributed by atoms with van der Waals surface area (Å²) in [5.41, 5.74) is -5.21. The van der Waals surface area contributed by atoms with Gasteiger partial charge in [-0.15, -0.1) is 5.10 Å². The van der Waals surface area contributed by atoms with Crippen LogP contribution in [-0.4, -0.2) is 35.5 Å². The molecular formula is C15H9ClF4N6O4. The molecule has 0 N–H and O–H groups in total. The normalized spacial score (nSPS) is 11.6. The van der Waals surface area contributed by atoms with Crippen molar-refractivity contribution in [1.82, 2.24) is 29.5 Å². The van der Waals surface area contributed by atoms with Crippen LogP contribution in [-0.2, 0) is 18.0 Å². The molecule has 0 saturated heterocycles. The standard InChI is InChI=1S/C15H9ClF4N6O4/c1-6(27)30-26-22-13(21-23-26)7-3-10(9(17)4-8(7)16)25-12(28)5-11(15(18,19)20)24(2)14(25)29/h3-5H,1-2H3. The maximum atomic E-state index is 14.5. The number of halogens is 5. The van der Waals surface area contributed by atoms with Crippen LogP contribution in [0.25, 0.3) is 17.1 Å². The summed E-state index contributed by atoms with van der Waals surface area (Å²) < 4.78 is 53.8. The Labute approximate surface area is 167 Å². The Bertz CT molecular complexity index is 1280. The first-order valence-corrected chi connectivity index (χ1v) is 8.17. The van der Waals surface area contributed by atoms with Gasteiger partial charge in [-0.25, -0.2) is 18.5 Å². The summed E-state index contributed by atoms with van der Waals surface area (Å²) in [5, 5.41) is 10.4. The van der Waals surface area contributed by atoms with Crippen LogP contribution >= 0.6 is 11.6 Å². The molecule has 15 heteroatoms. The Kier molecular flexibility index (Phi) is 5.20. The molecule has 2 heterocycles. The molecule has 1 aromatic carbocycles. The molecule has 158 valence electrons. The van der Waals surface area contributed by atoms with Crippen LogP contribution in [0.15, 0.2) is 27.8 Å². The third-order valence-electron chi connectivity index (χ3n) is 3.74. The molecule has 0 saturated carbocycles. The number of benzene rings is 1. The highest BCUT2D eigenvalue weighted by atomic mass is 35.5. The van der Waals surface area contributed by atoms with Gasteiger partial charge in [-0.1, -0.05) is 16.7 Å². The first-order valence-electron chi connectivity index (χ1n) is 7.79. The lowest BCUT2D eigenvalue weighted by molar-refractivity contribution is -0.145. The van der Waals surface area contributed by atoms with E-state index in [0.29, 0.717) is 11.0 Å². The first kappa shape index (κ1) is 21.2. The molecule has 0 radical (unpaired) electrons. The van der Waals surface area contributed by atoms with Gasteiger partial charge in [-0.2, -0.15) is 13.2 Å². The second-order valence-corrected chi connectivity index (χ2v) is 6.18. The fraction of sp³-hybridized carbons (Fsp3) is 0.200. The summed E-state index contributed by atoms with van der Waals surface area (Å²) in [6.45, 7) is 1.07. The highest BCUT2D eigenvalue weighted by Crippen LogP contribution is 2.30. The van der Waals surface area contributed by atoms with E-state index in [1.165, 1.54) is 0 Å². The van der Waals surface area contributed by atoms with Crippen molar-refractivity contribution >= 4 is 17.6 Å². The number of carbonyl (C=O) groups is 1. The molecule has 0 spiro atoms. The van der Waals surface area contributed by atoms with E-state index >= 15 is 0 Å². The maximum absolute atomic E-state index is 14.5. The Morgan fingerprint density at radius 3 is 2.47 bits per heavy atom. The molecule has 3 aromatic rings. The number of hydrogen-bond acceptors (Lipinski definition) is 7. The minimum absolute atomic E-state index is 0.139. The maximum Gasteiger partial charge on any atom is 0.431 e. The molecule has 2 aromatic heterocycles. The van der Waals surface area contributed by atoms with E-state index in [4.69, 9.17) is 11.6 Å². The van der Waals surface area contributed by atoms with Crippen LogP contribution in [0, 0.1) is 5.82 Å². The molecule has 0 amide bonds. The van der Waals surface area contributed by atoms with Gasteiger partial charge in [0.2, 0.25) is 5.82 Å². The SMILES string of the molecule is CC(=O)On1nnc(-c2cc(-n3c(=O)cc(C(F)(F)F)n(C)c3=O)c(F)cc2Cl)n1. The Hall–Kier alpha value is -3.55. The van der Waals surface area contributed by atoms with E-state index in [2.05, 4.69) is 20.2 Å². The number of hydrogen-bond donors (Lipinski definition) is 0. The minimum atomic E-state index is -4.98. The number of rotatable bonds is 3. The van der Waals surface area contributed by atoms with Crippen molar-refractivity contribution in [2.24, 2.45) is 7.05 Å². The van der Waals surface area contributed by atoms with Gasteiger partial charge in [0.1, 0.15) is 11.5 Å². The van der Waals surface area contributed by atoms with E-state index in [-0.39, 0.29) is 31.6 Å². The molecule has 0 unspecified atom stereocenters. The molecule has 10 nitrogen and oxygen atoms in total. The third-order valence-corrected chi connectivity index (χ3v) is 4.05. The van der Waals surface area contributed by atoms with E-state index < -0.39 is 40.6 Å². The van der Waals surface area contributed by atoms with Gasteiger partial charge in [0, 0.05) is 30.6 Å². The zero-order valence-corrected chi connectivity index (χ0v) is 15.7. The van der Waals surface area contributed by atoms with Crippen molar-refractivity contribution in [3.05, 3.63) is 55.6 Å². The summed E-state index contributed by atoms with van der Waals surface area (Å²) in [6.07, 6.45) is -4.98. The van der Waals surface area contributed by atoms with Crippen molar-refractivity contribution < 1.29 is 27.2 Å². The van der Waals surface area contributed by atoms with Crippen molar-refractivity contribution in [1.29, 1.82) is 0 Å². The van der Waals surface area contributed by atoms with E-state index in [9.17, 15) is 31.9 Å². The molecule has 0 aliphatic heterocycles. The summed E-state index contributed by atoms with van der Waals surface area (Å²) in [6, 6.07) is 1.75. The number of carbonyl (C=O) groups excluding carboxylic acids is 1. The Balaban J connectivity index is 2.22. The van der Waals surface area contributed by atoms with Crippen molar-refractivity contribution in [2.45, 2.75) is 13.1 Å². The Morgan fingerprint density at radius 1 is 1.20 bits per heavy atom. The van der Waals surface area contributed by atoms with Crippen LogP contribution in [0.2, 0.25) is 5.02 Å². The third kappa shape index (κ3) is 3.80. The number of tetrazole rings is 1. The van der Waals surface area contributed by atoms with Crippen LogP contribution < -0.4 is 16.1 Å². The lowest BCUT2D eigenvalue weighted by Gasteiger charge is -2.14. The van der Waals surface area contributed by atoms with Crippen molar-refractivity contribution in [3.63, 3.8) is 0 Å². The largest absolute Gasteiger partial charge is 0.431 e. The summed E-state index contributed by atoms with van der Waals surface area (Å²) in [7, 11) is 0.780. The van der Waals surface area contributed by atoms with Crippen LogP contribution in [0.3, 0.4) is 0 Å². The predicted octanol–water partition coefficient (Wildman–Crippen LogP) is 0.976. The zero-order chi connectivity index (χ0) is 22.4. The number of aromatic nitrogens is 6. The highest BCUT2D eigenvalue weighted by Gasteiger charge is 2.35. The Morgan fingerprint density at radius 2 is 1.87 bits per heavy atom. The minimum Gasteiger partial charge on any atom is -0.301 e. The number of nitrogens with zero attached hydrogens (tertiary/aromatic N) is 6. The second kappa shape index (κ2) is 7.37. The van der Waals surface area contributed by atoms with Gasteiger partial charge >= 0.3 is 17.8 Å². The van der Waals surface area contributed by atoms with Gasteiger partial charge in [0.25, 0.3) is 5.56 Å². The highest BCUT2D eigenvalue weighted by molar-refractivity contribution is 6.33. The molecule has 0 atom stereocenters. The van der Waals surface area contributed by atoms with E-state index in [0.717, 1.165) is 20.0 Å². The first-order chi connectivity index (χ1) is 13.9. The molecule has 3 rings (SSSR count). The zero-order valence-electron chi connectivity index (χ0n) is 14.9. The topological polar surface area (TPSA) is 114 Å². The summed E-state index contributed by atoms with van der Waals surface area (Å²) >= 11 is 5.95. The van der Waals surface area contributed by atoms with E-state index in [1.807, 2.05) is 0 Å². The lowest BCUT2D eigenvalue weighted by Crippen LogP contribution is -2.41. The van der Waals surface area contributed by atoms with E-state index in [1.54, 1.807) is 0 Å². The van der Waals surface area contributed by atoms with Crippen LogP contribution in [0.1, 0.15) is 12.6 Å². The lowest BCUT2D eigenvalue weighted by atomic mass is 10.1.